The number of carbonyl (C=O) groups is 3. The average Bonchev–Trinajstić information content (AvgIpc) is 2.70. The van der Waals surface area contributed by atoms with Gasteiger partial charge in [0, 0.05) is 12.2 Å². The SMILES string of the molecule is CC1CC(CN)(C(=O)Nc2ccc3c(c2)C(=O)NC3=O)C1. The molecule has 1 heterocycles. The monoisotopic (exact) mass is 287 g/mol. The van der Waals surface area contributed by atoms with Crippen LogP contribution in [0, 0.1) is 11.3 Å². The zero-order chi connectivity index (χ0) is 15.2. The Labute approximate surface area is 122 Å². The highest BCUT2D eigenvalue weighted by Crippen LogP contribution is 2.45. The minimum Gasteiger partial charge on any atom is -0.329 e. The molecule has 0 atom stereocenters. The first-order valence-corrected chi connectivity index (χ1v) is 6.96. The van der Waals surface area contributed by atoms with Crippen molar-refractivity contribution in [1.82, 2.24) is 5.32 Å². The van der Waals surface area contributed by atoms with Crippen molar-refractivity contribution in [3.8, 4) is 0 Å². The molecular formula is C15H17N3O3. The molecule has 1 aliphatic carbocycles. The van der Waals surface area contributed by atoms with Crippen molar-refractivity contribution in [2.45, 2.75) is 19.8 Å². The summed E-state index contributed by atoms with van der Waals surface area (Å²) in [5.41, 5.74) is 6.38. The van der Waals surface area contributed by atoms with Crippen LogP contribution in [-0.2, 0) is 4.79 Å². The number of nitrogens with one attached hydrogen (secondary N) is 2. The van der Waals surface area contributed by atoms with Crippen molar-refractivity contribution in [2.24, 2.45) is 17.1 Å². The molecule has 0 radical (unpaired) electrons. The molecular weight excluding hydrogens is 270 g/mol. The molecule has 21 heavy (non-hydrogen) atoms. The normalized spacial score (nSPS) is 26.9. The predicted molar refractivity (Wildman–Crippen MR) is 76.8 cm³/mol. The van der Waals surface area contributed by atoms with Gasteiger partial charge in [-0.15, -0.1) is 0 Å². The van der Waals surface area contributed by atoms with Crippen LogP contribution in [0.15, 0.2) is 18.2 Å². The maximum absolute atomic E-state index is 12.4. The summed E-state index contributed by atoms with van der Waals surface area (Å²) in [5, 5.41) is 5.03. The molecule has 0 bridgehead atoms. The summed E-state index contributed by atoms with van der Waals surface area (Å²) in [5.74, 6) is -0.452. The fraction of sp³-hybridized carbons (Fsp3) is 0.400. The second-order valence-electron chi connectivity index (χ2n) is 6.00. The standard InChI is InChI=1S/C15H17N3O3/c1-8-5-15(6-8,7-16)14(21)17-9-2-3-10-11(4-9)13(20)18-12(10)19/h2-4,8H,5-7,16H2,1H3,(H,17,21)(H,18,19,20). The second-order valence-corrected chi connectivity index (χ2v) is 6.00. The molecule has 2 aliphatic rings. The zero-order valence-electron chi connectivity index (χ0n) is 11.7. The number of anilines is 1. The summed E-state index contributed by atoms with van der Waals surface area (Å²) in [7, 11) is 0. The first-order chi connectivity index (χ1) is 9.95. The molecule has 110 valence electrons. The lowest BCUT2D eigenvalue weighted by Gasteiger charge is -2.44. The molecule has 1 saturated carbocycles. The van der Waals surface area contributed by atoms with Crippen LogP contribution in [0.5, 0.6) is 0 Å². The minimum atomic E-state index is -0.503. The number of fused-ring (bicyclic) bond motifs is 1. The van der Waals surface area contributed by atoms with Crippen molar-refractivity contribution in [1.29, 1.82) is 0 Å². The fourth-order valence-corrected chi connectivity index (χ4v) is 3.23. The number of amides is 3. The molecule has 1 aliphatic heterocycles. The van der Waals surface area contributed by atoms with E-state index >= 15 is 0 Å². The van der Waals surface area contributed by atoms with Crippen molar-refractivity contribution in [2.75, 3.05) is 11.9 Å². The van der Waals surface area contributed by atoms with Crippen LogP contribution in [0.4, 0.5) is 5.69 Å². The molecule has 0 unspecified atom stereocenters. The van der Waals surface area contributed by atoms with Crippen molar-refractivity contribution < 1.29 is 14.4 Å². The van der Waals surface area contributed by atoms with Gasteiger partial charge in [0.1, 0.15) is 0 Å². The van der Waals surface area contributed by atoms with Gasteiger partial charge >= 0.3 is 0 Å². The number of benzene rings is 1. The highest BCUT2D eigenvalue weighted by molar-refractivity contribution is 6.22. The van der Waals surface area contributed by atoms with Gasteiger partial charge in [-0.1, -0.05) is 6.92 Å². The Hall–Kier alpha value is -2.21. The number of hydrogen-bond donors (Lipinski definition) is 3. The lowest BCUT2D eigenvalue weighted by atomic mass is 9.62. The highest BCUT2D eigenvalue weighted by atomic mass is 16.2. The maximum atomic E-state index is 12.4. The summed E-state index contributed by atoms with van der Waals surface area (Å²) in [6.45, 7) is 2.40. The molecule has 0 aromatic heterocycles. The third kappa shape index (κ3) is 2.12. The quantitative estimate of drug-likeness (QED) is 0.718. The fourth-order valence-electron chi connectivity index (χ4n) is 3.23. The number of imide groups is 1. The third-order valence-corrected chi connectivity index (χ3v) is 4.34. The Bertz CT molecular complexity index is 648. The van der Waals surface area contributed by atoms with Gasteiger partial charge in [0.15, 0.2) is 0 Å². The molecule has 4 N–H and O–H groups in total. The van der Waals surface area contributed by atoms with E-state index in [-0.39, 0.29) is 5.91 Å². The lowest BCUT2D eigenvalue weighted by Crippen LogP contribution is -2.51. The van der Waals surface area contributed by atoms with Gasteiger partial charge in [0.25, 0.3) is 11.8 Å². The van der Waals surface area contributed by atoms with E-state index in [0.717, 1.165) is 12.8 Å². The molecule has 1 aromatic rings. The summed E-state index contributed by atoms with van der Waals surface area (Å²) < 4.78 is 0. The van der Waals surface area contributed by atoms with Gasteiger partial charge in [-0.25, -0.2) is 0 Å². The van der Waals surface area contributed by atoms with Crippen LogP contribution < -0.4 is 16.4 Å². The molecule has 1 aromatic carbocycles. The van der Waals surface area contributed by atoms with Crippen molar-refractivity contribution in [3.63, 3.8) is 0 Å². The number of rotatable bonds is 3. The molecule has 6 nitrogen and oxygen atoms in total. The van der Waals surface area contributed by atoms with Gasteiger partial charge in [0.05, 0.1) is 16.5 Å². The number of carbonyl (C=O) groups excluding carboxylic acids is 3. The van der Waals surface area contributed by atoms with E-state index < -0.39 is 17.2 Å². The minimum absolute atomic E-state index is 0.118. The summed E-state index contributed by atoms with van der Waals surface area (Å²) >= 11 is 0. The van der Waals surface area contributed by atoms with E-state index in [1.165, 1.54) is 6.07 Å². The summed E-state index contributed by atoms with van der Waals surface area (Å²) in [6.07, 6.45) is 1.55. The van der Waals surface area contributed by atoms with Gasteiger partial charge in [-0.3, -0.25) is 19.7 Å². The highest BCUT2D eigenvalue weighted by Gasteiger charge is 2.47. The van der Waals surface area contributed by atoms with E-state index in [9.17, 15) is 14.4 Å². The van der Waals surface area contributed by atoms with Crippen molar-refractivity contribution in [3.05, 3.63) is 29.3 Å². The smallest absolute Gasteiger partial charge is 0.259 e. The third-order valence-electron chi connectivity index (χ3n) is 4.34. The van der Waals surface area contributed by atoms with E-state index in [1.54, 1.807) is 12.1 Å². The van der Waals surface area contributed by atoms with Gasteiger partial charge in [-0.05, 0) is 37.0 Å². The summed E-state index contributed by atoms with van der Waals surface area (Å²) in [4.78, 5) is 35.5. The van der Waals surface area contributed by atoms with Gasteiger partial charge in [-0.2, -0.15) is 0 Å². The van der Waals surface area contributed by atoms with Crippen molar-refractivity contribution >= 4 is 23.4 Å². The second kappa shape index (κ2) is 4.66. The first kappa shape index (κ1) is 13.8. The topological polar surface area (TPSA) is 101 Å². The first-order valence-electron chi connectivity index (χ1n) is 6.96. The van der Waals surface area contributed by atoms with Gasteiger partial charge < -0.3 is 11.1 Å². The zero-order valence-corrected chi connectivity index (χ0v) is 11.7. The Morgan fingerprint density at radius 2 is 2.00 bits per heavy atom. The van der Waals surface area contributed by atoms with Crippen LogP contribution in [0.2, 0.25) is 0 Å². The maximum Gasteiger partial charge on any atom is 0.259 e. The largest absolute Gasteiger partial charge is 0.329 e. The van der Waals surface area contributed by atoms with Crippen LogP contribution in [0.1, 0.15) is 40.5 Å². The Morgan fingerprint density at radius 1 is 1.33 bits per heavy atom. The van der Waals surface area contributed by atoms with Crippen LogP contribution in [0.3, 0.4) is 0 Å². The van der Waals surface area contributed by atoms with E-state index in [2.05, 4.69) is 17.6 Å². The molecule has 6 heteroatoms. The van der Waals surface area contributed by atoms with Gasteiger partial charge in [0.2, 0.25) is 5.91 Å². The Balaban J connectivity index is 1.80. The van der Waals surface area contributed by atoms with Crippen LogP contribution >= 0.6 is 0 Å². The van der Waals surface area contributed by atoms with E-state index in [1.807, 2.05) is 0 Å². The van der Waals surface area contributed by atoms with E-state index in [4.69, 9.17) is 5.73 Å². The molecule has 0 saturated heterocycles. The molecule has 0 spiro atoms. The molecule has 3 amide bonds. The Kier molecular flexibility index (Phi) is 3.06. The average molecular weight is 287 g/mol. The number of hydrogen-bond acceptors (Lipinski definition) is 4. The predicted octanol–water partition coefficient (Wildman–Crippen LogP) is 0.884. The summed E-state index contributed by atoms with van der Waals surface area (Å²) in [6, 6.07) is 4.70. The van der Waals surface area contributed by atoms with E-state index in [0.29, 0.717) is 29.3 Å². The number of nitrogens with two attached hydrogens (primary N) is 1. The molecule has 3 rings (SSSR count). The lowest BCUT2D eigenvalue weighted by molar-refractivity contribution is -0.132. The van der Waals surface area contributed by atoms with Crippen LogP contribution in [-0.4, -0.2) is 24.3 Å². The molecule has 1 fully saturated rings. The Morgan fingerprint density at radius 3 is 2.62 bits per heavy atom. The van der Waals surface area contributed by atoms with Crippen LogP contribution in [0.25, 0.3) is 0 Å².